The molecule has 3 fully saturated rings. The minimum Gasteiger partial charge on any atom is -0.476 e. The maximum atomic E-state index is 13.2. The maximum absolute atomic E-state index is 13.2. The average molecular weight is 369 g/mol. The molecule has 2 saturated heterocycles. The zero-order chi connectivity index (χ0) is 17.4. The average Bonchev–Trinajstić information content (AvgIpc) is 3.42. The van der Waals surface area contributed by atoms with E-state index in [1.807, 2.05) is 11.8 Å². The summed E-state index contributed by atoms with van der Waals surface area (Å²) in [6.07, 6.45) is 2.25. The number of nitrogens with zero attached hydrogens (tertiary/aromatic N) is 3. The Balaban J connectivity index is 1.53. The fraction of sp³-hybridized carbons (Fsp3) is 0.647. The van der Waals surface area contributed by atoms with Gasteiger partial charge >= 0.3 is 0 Å². The first-order valence-electron chi connectivity index (χ1n) is 8.65. The van der Waals surface area contributed by atoms with Crippen molar-refractivity contribution in [3.8, 4) is 5.88 Å². The summed E-state index contributed by atoms with van der Waals surface area (Å²) in [4.78, 5) is 20.4. The number of aromatic nitrogens is 1. The summed E-state index contributed by atoms with van der Waals surface area (Å²) in [5, 5.41) is 0. The molecule has 1 aromatic rings. The van der Waals surface area contributed by atoms with E-state index >= 15 is 0 Å². The van der Waals surface area contributed by atoms with Gasteiger partial charge in [0, 0.05) is 24.6 Å². The van der Waals surface area contributed by atoms with Crippen LogP contribution < -0.4 is 9.64 Å². The van der Waals surface area contributed by atoms with Crippen LogP contribution in [0, 0.1) is 5.92 Å². The van der Waals surface area contributed by atoms with Crippen LogP contribution in [0.1, 0.15) is 23.3 Å². The molecular weight excluding hydrogens is 348 g/mol. The molecule has 1 amide bonds. The van der Waals surface area contributed by atoms with Gasteiger partial charge in [-0.05, 0) is 30.9 Å². The third kappa shape index (κ3) is 3.83. The fourth-order valence-corrected chi connectivity index (χ4v) is 3.89. The molecule has 1 saturated carbocycles. The summed E-state index contributed by atoms with van der Waals surface area (Å²) in [6.45, 7) is 1.30. The number of hydrogen-bond donors (Lipinski definition) is 0. The Morgan fingerprint density at radius 2 is 2.00 bits per heavy atom. The summed E-state index contributed by atoms with van der Waals surface area (Å²) in [6, 6.07) is 3.32. The second-order valence-corrected chi connectivity index (χ2v) is 8.12. The number of carbonyl (C=O) groups is 1. The first kappa shape index (κ1) is 16.9. The lowest BCUT2D eigenvalue weighted by molar-refractivity contribution is -0.0265. The predicted octanol–water partition coefficient (Wildman–Crippen LogP) is 2.51. The third-order valence-corrected chi connectivity index (χ3v) is 5.64. The molecular formula is C17H21F2N3O2S. The molecule has 3 aliphatic rings. The lowest BCUT2D eigenvalue weighted by Crippen LogP contribution is -2.56. The molecule has 0 N–H and O–H groups in total. The molecule has 0 atom stereocenters. The van der Waals surface area contributed by atoms with E-state index in [0.29, 0.717) is 42.9 Å². The maximum Gasteiger partial charge on any atom is 0.282 e. The Bertz CT molecular complexity index is 655. The molecule has 1 aliphatic carbocycles. The normalized spacial score (nSPS) is 22.5. The quantitative estimate of drug-likeness (QED) is 0.798. The van der Waals surface area contributed by atoms with Gasteiger partial charge in [-0.1, -0.05) is 0 Å². The van der Waals surface area contributed by atoms with Crippen LogP contribution in [-0.2, 0) is 0 Å². The number of ether oxygens (including phenoxy) is 1. The van der Waals surface area contributed by atoms with E-state index in [1.54, 1.807) is 21.9 Å². The van der Waals surface area contributed by atoms with Crippen LogP contribution >= 0.6 is 11.8 Å². The van der Waals surface area contributed by atoms with Gasteiger partial charge in [0.05, 0.1) is 19.7 Å². The van der Waals surface area contributed by atoms with Crippen molar-refractivity contribution < 1.29 is 18.3 Å². The van der Waals surface area contributed by atoms with Crippen molar-refractivity contribution in [3.05, 3.63) is 17.8 Å². The van der Waals surface area contributed by atoms with Crippen LogP contribution in [0.4, 0.5) is 14.5 Å². The molecule has 2 aliphatic heterocycles. The number of alkyl halides is 2. The molecule has 0 radical (unpaired) electrons. The van der Waals surface area contributed by atoms with E-state index in [4.69, 9.17) is 4.74 Å². The standard InChI is InChI=1S/C17H21F2N3O2S/c18-17(19)10-22(11-17)14-4-3-13(16(23)21-5-7-25-8-6-21)20-15(14)24-9-12-1-2-12/h3-4,12H,1-2,5-11H2. The fourth-order valence-electron chi connectivity index (χ4n) is 2.99. The Morgan fingerprint density at radius 3 is 2.64 bits per heavy atom. The zero-order valence-electron chi connectivity index (χ0n) is 13.9. The van der Waals surface area contributed by atoms with Crippen molar-refractivity contribution in [1.29, 1.82) is 0 Å². The van der Waals surface area contributed by atoms with Crippen LogP contribution in [-0.4, -0.2) is 66.0 Å². The highest BCUT2D eigenvalue weighted by molar-refractivity contribution is 7.99. The highest BCUT2D eigenvalue weighted by Gasteiger charge is 2.45. The van der Waals surface area contributed by atoms with Gasteiger partial charge in [0.2, 0.25) is 5.88 Å². The summed E-state index contributed by atoms with van der Waals surface area (Å²) in [7, 11) is 0. The number of carbonyl (C=O) groups excluding carboxylic acids is 1. The van der Waals surface area contributed by atoms with Gasteiger partial charge in [0.1, 0.15) is 11.4 Å². The lowest BCUT2D eigenvalue weighted by Gasteiger charge is -2.40. The first-order chi connectivity index (χ1) is 12.0. The van der Waals surface area contributed by atoms with Crippen molar-refractivity contribution in [3.63, 3.8) is 0 Å². The number of amides is 1. The van der Waals surface area contributed by atoms with E-state index in [9.17, 15) is 13.6 Å². The smallest absolute Gasteiger partial charge is 0.282 e. The summed E-state index contributed by atoms with van der Waals surface area (Å²) >= 11 is 1.83. The van der Waals surface area contributed by atoms with Gasteiger partial charge in [-0.2, -0.15) is 11.8 Å². The third-order valence-electron chi connectivity index (χ3n) is 4.70. The SMILES string of the molecule is O=C(c1ccc(N2CC(F)(F)C2)c(OCC2CC2)n1)N1CCSCC1. The number of rotatable bonds is 5. The van der Waals surface area contributed by atoms with Crippen LogP contribution in [0.25, 0.3) is 0 Å². The number of thioether (sulfide) groups is 1. The summed E-state index contributed by atoms with van der Waals surface area (Å²) in [5.41, 5.74) is 0.881. The van der Waals surface area contributed by atoms with Gasteiger partial charge in [0.25, 0.3) is 11.8 Å². The molecule has 0 aromatic carbocycles. The van der Waals surface area contributed by atoms with E-state index in [1.165, 1.54) is 0 Å². The number of pyridine rings is 1. The highest BCUT2D eigenvalue weighted by atomic mass is 32.2. The molecule has 0 bridgehead atoms. The Morgan fingerprint density at radius 1 is 1.28 bits per heavy atom. The Kier molecular flexibility index (Phi) is 4.47. The summed E-state index contributed by atoms with van der Waals surface area (Å²) < 4.78 is 32.2. The van der Waals surface area contributed by atoms with Gasteiger partial charge in [0.15, 0.2) is 0 Å². The largest absolute Gasteiger partial charge is 0.476 e. The Hall–Kier alpha value is -1.57. The summed E-state index contributed by atoms with van der Waals surface area (Å²) in [5.74, 6) is -0.0916. The molecule has 0 spiro atoms. The lowest BCUT2D eigenvalue weighted by atomic mass is 10.1. The van der Waals surface area contributed by atoms with E-state index in [0.717, 1.165) is 24.3 Å². The Labute approximate surface area is 149 Å². The van der Waals surface area contributed by atoms with E-state index < -0.39 is 5.92 Å². The number of halogens is 2. The molecule has 5 nitrogen and oxygen atoms in total. The zero-order valence-corrected chi connectivity index (χ0v) is 14.7. The van der Waals surface area contributed by atoms with Gasteiger partial charge in [-0.3, -0.25) is 4.79 Å². The van der Waals surface area contributed by atoms with Gasteiger partial charge < -0.3 is 14.5 Å². The number of anilines is 1. The minimum atomic E-state index is -2.66. The van der Waals surface area contributed by atoms with Crippen LogP contribution in [0.5, 0.6) is 5.88 Å². The van der Waals surface area contributed by atoms with Crippen LogP contribution in [0.3, 0.4) is 0 Å². The van der Waals surface area contributed by atoms with Crippen molar-refractivity contribution in [1.82, 2.24) is 9.88 Å². The second kappa shape index (κ2) is 6.63. The van der Waals surface area contributed by atoms with Crippen molar-refractivity contribution in [2.24, 2.45) is 5.92 Å². The number of hydrogen-bond acceptors (Lipinski definition) is 5. The van der Waals surface area contributed by atoms with E-state index in [2.05, 4.69) is 4.98 Å². The van der Waals surface area contributed by atoms with Gasteiger partial charge in [-0.25, -0.2) is 13.8 Å². The molecule has 25 heavy (non-hydrogen) atoms. The predicted molar refractivity (Wildman–Crippen MR) is 92.8 cm³/mol. The molecule has 8 heteroatoms. The van der Waals surface area contributed by atoms with Crippen molar-refractivity contribution in [2.75, 3.05) is 49.2 Å². The molecule has 3 heterocycles. The van der Waals surface area contributed by atoms with Crippen molar-refractivity contribution in [2.45, 2.75) is 18.8 Å². The minimum absolute atomic E-state index is 0.114. The monoisotopic (exact) mass is 369 g/mol. The molecule has 0 unspecified atom stereocenters. The van der Waals surface area contributed by atoms with Gasteiger partial charge in [-0.15, -0.1) is 0 Å². The first-order valence-corrected chi connectivity index (χ1v) is 9.81. The molecule has 1 aromatic heterocycles. The highest BCUT2D eigenvalue weighted by Crippen LogP contribution is 2.38. The second-order valence-electron chi connectivity index (χ2n) is 6.89. The van der Waals surface area contributed by atoms with Crippen LogP contribution in [0.15, 0.2) is 12.1 Å². The van der Waals surface area contributed by atoms with E-state index in [-0.39, 0.29) is 19.0 Å². The molecule has 4 rings (SSSR count). The van der Waals surface area contributed by atoms with Crippen LogP contribution in [0.2, 0.25) is 0 Å². The van der Waals surface area contributed by atoms with Crippen molar-refractivity contribution >= 4 is 23.4 Å². The topological polar surface area (TPSA) is 45.7 Å². The molecule has 136 valence electrons.